The Labute approximate surface area is 111 Å². The summed E-state index contributed by atoms with van der Waals surface area (Å²) in [4.78, 5) is 14.8. The van der Waals surface area contributed by atoms with E-state index in [0.717, 1.165) is 20.5 Å². The number of nitrogens with zero attached hydrogens (tertiary/aromatic N) is 2. The third kappa shape index (κ3) is 2.13. The van der Waals surface area contributed by atoms with E-state index in [-0.39, 0.29) is 11.6 Å². The van der Waals surface area contributed by atoms with Crippen LogP contribution in [0.4, 0.5) is 5.82 Å². The van der Waals surface area contributed by atoms with Gasteiger partial charge in [-0.3, -0.25) is 0 Å². The van der Waals surface area contributed by atoms with Gasteiger partial charge in [-0.1, -0.05) is 0 Å². The molecule has 94 valence electrons. The van der Waals surface area contributed by atoms with Gasteiger partial charge in [-0.05, 0) is 45.6 Å². The number of phenolic OH excluding ortho intramolecular Hbond substituents is 1. The van der Waals surface area contributed by atoms with E-state index in [1.807, 2.05) is 12.1 Å². The summed E-state index contributed by atoms with van der Waals surface area (Å²) in [5.74, 6) is 0.0411. The lowest BCUT2D eigenvalue weighted by molar-refractivity contribution is -0.389. The maximum atomic E-state index is 10.7. The molecule has 19 heavy (non-hydrogen) atoms. The Morgan fingerprint density at radius 1 is 1.21 bits per heavy atom. The molecule has 0 fully saturated rings. The monoisotopic (exact) mass is 272 g/mol. The van der Waals surface area contributed by atoms with E-state index in [2.05, 4.69) is 4.98 Å². The molecule has 0 saturated heterocycles. The van der Waals surface area contributed by atoms with Gasteiger partial charge in [-0.15, -0.1) is 11.3 Å². The van der Waals surface area contributed by atoms with Gasteiger partial charge in [0, 0.05) is 21.2 Å². The van der Waals surface area contributed by atoms with Crippen molar-refractivity contribution in [3.63, 3.8) is 0 Å². The van der Waals surface area contributed by atoms with Crippen LogP contribution in [-0.4, -0.2) is 15.0 Å². The highest BCUT2D eigenvalue weighted by Gasteiger charge is 2.11. The summed E-state index contributed by atoms with van der Waals surface area (Å²) in [5, 5.41) is 21.1. The molecule has 0 saturated carbocycles. The molecular formula is C13H8N2O3S. The van der Waals surface area contributed by atoms with Crippen LogP contribution >= 0.6 is 11.3 Å². The number of aromatic nitrogens is 1. The molecular weight excluding hydrogens is 264 g/mol. The number of benzene rings is 1. The first-order chi connectivity index (χ1) is 9.13. The van der Waals surface area contributed by atoms with Crippen molar-refractivity contribution >= 4 is 27.2 Å². The Morgan fingerprint density at radius 2 is 2.05 bits per heavy atom. The number of thiophene rings is 1. The zero-order chi connectivity index (χ0) is 13.4. The Kier molecular flexibility index (Phi) is 2.64. The molecule has 0 atom stereocenters. The summed E-state index contributed by atoms with van der Waals surface area (Å²) >= 11 is 1.47. The minimum absolute atomic E-state index is 0.169. The smallest absolute Gasteiger partial charge is 0.364 e. The van der Waals surface area contributed by atoms with E-state index >= 15 is 0 Å². The van der Waals surface area contributed by atoms with Crippen molar-refractivity contribution in [1.82, 2.24) is 4.98 Å². The summed E-state index contributed by atoms with van der Waals surface area (Å²) < 4.78 is 0.939. The minimum atomic E-state index is -0.511. The summed E-state index contributed by atoms with van der Waals surface area (Å²) in [5.41, 5.74) is 0.752. The van der Waals surface area contributed by atoms with E-state index in [4.69, 9.17) is 0 Å². The zero-order valence-corrected chi connectivity index (χ0v) is 10.4. The average molecular weight is 272 g/mol. The first-order valence-electron chi connectivity index (χ1n) is 5.47. The molecule has 5 nitrogen and oxygen atoms in total. The highest BCUT2D eigenvalue weighted by molar-refractivity contribution is 7.22. The largest absolute Gasteiger partial charge is 0.508 e. The Balaban J connectivity index is 2.13. The predicted octanol–water partition coefficient (Wildman–Crippen LogP) is 3.58. The van der Waals surface area contributed by atoms with E-state index in [0.29, 0.717) is 0 Å². The predicted molar refractivity (Wildman–Crippen MR) is 73.4 cm³/mol. The summed E-state index contributed by atoms with van der Waals surface area (Å²) in [6.45, 7) is 0. The fraction of sp³-hybridized carbons (Fsp3) is 0. The zero-order valence-electron chi connectivity index (χ0n) is 9.61. The van der Waals surface area contributed by atoms with Crippen molar-refractivity contribution in [2.24, 2.45) is 0 Å². The van der Waals surface area contributed by atoms with Gasteiger partial charge in [0.05, 0.1) is 0 Å². The number of nitro groups is 1. The van der Waals surface area contributed by atoms with Crippen molar-refractivity contribution in [2.45, 2.75) is 0 Å². The highest BCUT2D eigenvalue weighted by atomic mass is 32.1. The van der Waals surface area contributed by atoms with Crippen LogP contribution in [0.25, 0.3) is 20.5 Å². The van der Waals surface area contributed by atoms with Crippen LogP contribution in [0.5, 0.6) is 5.75 Å². The van der Waals surface area contributed by atoms with Crippen molar-refractivity contribution in [3.8, 4) is 16.2 Å². The highest BCUT2D eigenvalue weighted by Crippen LogP contribution is 2.35. The fourth-order valence-electron chi connectivity index (χ4n) is 1.83. The van der Waals surface area contributed by atoms with Crippen LogP contribution in [0.15, 0.2) is 42.6 Å². The first-order valence-corrected chi connectivity index (χ1v) is 6.28. The van der Waals surface area contributed by atoms with Crippen LogP contribution in [0.2, 0.25) is 0 Å². The summed E-state index contributed by atoms with van der Waals surface area (Å²) in [6, 6.07) is 10.2. The molecule has 0 amide bonds. The van der Waals surface area contributed by atoms with Gasteiger partial charge in [0.1, 0.15) is 11.9 Å². The Morgan fingerprint density at radius 3 is 2.84 bits per heavy atom. The fourth-order valence-corrected chi connectivity index (χ4v) is 2.93. The van der Waals surface area contributed by atoms with Crippen molar-refractivity contribution in [1.29, 1.82) is 0 Å². The van der Waals surface area contributed by atoms with Gasteiger partial charge < -0.3 is 15.2 Å². The molecule has 0 unspecified atom stereocenters. The molecule has 3 aromatic rings. The molecule has 0 spiro atoms. The van der Waals surface area contributed by atoms with Crippen molar-refractivity contribution in [2.75, 3.05) is 0 Å². The van der Waals surface area contributed by atoms with Gasteiger partial charge in [0.2, 0.25) is 0 Å². The van der Waals surface area contributed by atoms with E-state index in [9.17, 15) is 15.2 Å². The van der Waals surface area contributed by atoms with E-state index < -0.39 is 4.92 Å². The maximum absolute atomic E-state index is 10.7. The van der Waals surface area contributed by atoms with Crippen molar-refractivity contribution in [3.05, 3.63) is 52.7 Å². The Hall–Kier alpha value is -2.47. The van der Waals surface area contributed by atoms with Gasteiger partial charge in [0.25, 0.3) is 0 Å². The second-order valence-electron chi connectivity index (χ2n) is 3.99. The second kappa shape index (κ2) is 4.33. The van der Waals surface area contributed by atoms with Gasteiger partial charge in [-0.25, -0.2) is 0 Å². The second-order valence-corrected chi connectivity index (χ2v) is 5.08. The van der Waals surface area contributed by atoms with Gasteiger partial charge >= 0.3 is 5.82 Å². The number of hydrogen-bond acceptors (Lipinski definition) is 5. The number of hydrogen-bond donors (Lipinski definition) is 1. The number of pyridine rings is 1. The Bertz CT molecular complexity index is 782. The first kappa shape index (κ1) is 11.6. The minimum Gasteiger partial charge on any atom is -0.508 e. The molecule has 0 bridgehead atoms. The molecule has 0 aliphatic rings. The SMILES string of the molecule is O=[N+]([O-])c1cc(-c2cc3ccc(O)cc3s2)ccn1. The third-order valence-corrected chi connectivity index (χ3v) is 3.87. The molecule has 2 heterocycles. The average Bonchev–Trinajstić information content (AvgIpc) is 2.81. The van der Waals surface area contributed by atoms with Gasteiger partial charge in [-0.2, -0.15) is 0 Å². The van der Waals surface area contributed by atoms with Crippen LogP contribution in [0, 0.1) is 10.1 Å². The number of aromatic hydroxyl groups is 1. The molecule has 0 aliphatic heterocycles. The molecule has 1 N–H and O–H groups in total. The number of rotatable bonds is 2. The normalized spacial score (nSPS) is 10.7. The number of phenols is 1. The lowest BCUT2D eigenvalue weighted by Gasteiger charge is -1.95. The molecule has 1 aromatic carbocycles. The molecule has 3 rings (SSSR count). The molecule has 6 heteroatoms. The lowest BCUT2D eigenvalue weighted by atomic mass is 10.2. The quantitative estimate of drug-likeness (QED) is 0.571. The van der Waals surface area contributed by atoms with Crippen LogP contribution in [-0.2, 0) is 0 Å². The molecule has 0 aliphatic carbocycles. The van der Waals surface area contributed by atoms with Crippen LogP contribution < -0.4 is 0 Å². The summed E-state index contributed by atoms with van der Waals surface area (Å²) in [7, 11) is 0. The van der Waals surface area contributed by atoms with E-state index in [1.54, 1.807) is 18.2 Å². The third-order valence-electron chi connectivity index (χ3n) is 2.72. The molecule has 2 aromatic heterocycles. The van der Waals surface area contributed by atoms with E-state index in [1.165, 1.54) is 23.6 Å². The van der Waals surface area contributed by atoms with Crippen molar-refractivity contribution < 1.29 is 10.0 Å². The van der Waals surface area contributed by atoms with Gasteiger partial charge in [0.15, 0.2) is 0 Å². The molecule has 0 radical (unpaired) electrons. The maximum Gasteiger partial charge on any atom is 0.364 e. The topological polar surface area (TPSA) is 76.3 Å². The number of fused-ring (bicyclic) bond motifs is 1. The van der Waals surface area contributed by atoms with Crippen LogP contribution in [0.1, 0.15) is 0 Å². The lowest BCUT2D eigenvalue weighted by Crippen LogP contribution is -1.91. The standard InChI is InChI=1S/C13H8N2O3S/c16-10-2-1-8-5-11(19-12(8)7-10)9-3-4-14-13(6-9)15(17)18/h1-7,16H. The summed E-state index contributed by atoms with van der Waals surface area (Å²) in [6.07, 6.45) is 1.43. The van der Waals surface area contributed by atoms with Crippen LogP contribution in [0.3, 0.4) is 0 Å².